The van der Waals surface area contributed by atoms with Crippen molar-refractivity contribution in [3.05, 3.63) is 53.6 Å². The highest BCUT2D eigenvalue weighted by molar-refractivity contribution is 6.02. The molecule has 30 heavy (non-hydrogen) atoms. The number of aryl methyl sites for hydroxylation is 1. The smallest absolute Gasteiger partial charge is 0.240 e. The summed E-state index contributed by atoms with van der Waals surface area (Å²) in [4.78, 5) is 26.7. The van der Waals surface area contributed by atoms with Gasteiger partial charge >= 0.3 is 0 Å². The van der Waals surface area contributed by atoms with Crippen LogP contribution in [-0.2, 0) is 16.0 Å². The van der Waals surface area contributed by atoms with E-state index in [0.717, 1.165) is 24.1 Å². The molecule has 2 aromatic carbocycles. The van der Waals surface area contributed by atoms with Gasteiger partial charge in [0.25, 0.3) is 0 Å². The topological polar surface area (TPSA) is 80.2 Å². The number of carbonyl (C=O) groups is 2. The van der Waals surface area contributed by atoms with Crippen molar-refractivity contribution in [3.63, 3.8) is 0 Å². The Morgan fingerprint density at radius 1 is 1.10 bits per heavy atom. The normalized spacial score (nSPS) is 13.4. The molecule has 0 aromatic heterocycles. The van der Waals surface area contributed by atoms with E-state index in [4.69, 9.17) is 9.47 Å². The Bertz CT molecular complexity index is 955. The summed E-state index contributed by atoms with van der Waals surface area (Å²) < 4.78 is 10.6. The number of nitrogens with one attached hydrogen (secondary N) is 1. The molecule has 7 heteroatoms. The monoisotopic (exact) mass is 409 g/mol. The van der Waals surface area contributed by atoms with E-state index in [1.165, 1.54) is 5.56 Å². The molecule has 2 aromatic rings. The fraction of sp³-hybridized carbons (Fsp3) is 0.348. The summed E-state index contributed by atoms with van der Waals surface area (Å²) in [7, 11) is 3.15. The van der Waals surface area contributed by atoms with Gasteiger partial charge in [-0.05, 0) is 43.5 Å². The molecule has 1 aliphatic heterocycles. The summed E-state index contributed by atoms with van der Waals surface area (Å²) in [6.07, 6.45) is 2.13. The number of nitrogens with zero attached hydrogens (tertiary/aromatic N) is 2. The van der Waals surface area contributed by atoms with Crippen LogP contribution in [0.4, 0.5) is 5.69 Å². The van der Waals surface area contributed by atoms with Crippen molar-refractivity contribution in [1.29, 1.82) is 0 Å². The maximum atomic E-state index is 12.7. The average molecular weight is 409 g/mol. The van der Waals surface area contributed by atoms with Crippen LogP contribution >= 0.6 is 0 Å². The molecular weight excluding hydrogens is 382 g/mol. The molecule has 0 saturated carbocycles. The molecule has 0 atom stereocenters. The van der Waals surface area contributed by atoms with Gasteiger partial charge in [0.1, 0.15) is 11.5 Å². The molecule has 2 amide bonds. The maximum absolute atomic E-state index is 12.7. The Hall–Kier alpha value is -3.35. The SMILES string of the molecule is COc1ccc(/C(C)=N/NC(=O)CCC(=O)N2CCCc3ccccc32)c(OC)c1. The van der Waals surface area contributed by atoms with Gasteiger partial charge in [-0.1, -0.05) is 18.2 Å². The molecule has 0 radical (unpaired) electrons. The number of fused-ring (bicyclic) bond motifs is 1. The minimum Gasteiger partial charge on any atom is -0.497 e. The van der Waals surface area contributed by atoms with Crippen LogP contribution in [-0.4, -0.2) is 38.3 Å². The molecule has 3 rings (SSSR count). The van der Waals surface area contributed by atoms with Crippen LogP contribution in [0.25, 0.3) is 0 Å². The van der Waals surface area contributed by atoms with Gasteiger partial charge in [-0.2, -0.15) is 5.10 Å². The molecule has 1 heterocycles. The molecule has 1 N–H and O–H groups in total. The minimum absolute atomic E-state index is 0.0465. The van der Waals surface area contributed by atoms with Crippen molar-refractivity contribution in [1.82, 2.24) is 5.43 Å². The van der Waals surface area contributed by atoms with Crippen molar-refractivity contribution in [2.75, 3.05) is 25.7 Å². The van der Waals surface area contributed by atoms with E-state index in [-0.39, 0.29) is 24.7 Å². The van der Waals surface area contributed by atoms with E-state index >= 15 is 0 Å². The first-order chi connectivity index (χ1) is 14.5. The fourth-order valence-corrected chi connectivity index (χ4v) is 3.51. The number of amides is 2. The Labute approximate surface area is 176 Å². The van der Waals surface area contributed by atoms with Gasteiger partial charge in [0, 0.05) is 36.7 Å². The van der Waals surface area contributed by atoms with Crippen molar-refractivity contribution in [2.24, 2.45) is 5.10 Å². The zero-order valence-corrected chi connectivity index (χ0v) is 17.6. The van der Waals surface area contributed by atoms with Crippen LogP contribution in [0.1, 0.15) is 37.3 Å². The second-order valence-corrected chi connectivity index (χ2v) is 7.08. The van der Waals surface area contributed by atoms with Crippen LogP contribution in [0.2, 0.25) is 0 Å². The lowest BCUT2D eigenvalue weighted by Gasteiger charge is -2.29. The molecule has 7 nitrogen and oxygen atoms in total. The highest BCUT2D eigenvalue weighted by Crippen LogP contribution is 2.27. The van der Waals surface area contributed by atoms with Crippen LogP contribution in [0.15, 0.2) is 47.6 Å². The summed E-state index contributed by atoms with van der Waals surface area (Å²) in [5.74, 6) is 0.921. The number of anilines is 1. The van der Waals surface area contributed by atoms with Crippen LogP contribution in [0.5, 0.6) is 11.5 Å². The predicted molar refractivity (Wildman–Crippen MR) is 116 cm³/mol. The average Bonchev–Trinajstić information content (AvgIpc) is 2.80. The largest absolute Gasteiger partial charge is 0.497 e. The number of rotatable bonds is 7. The first-order valence-corrected chi connectivity index (χ1v) is 9.97. The van der Waals surface area contributed by atoms with E-state index < -0.39 is 0 Å². The number of hydrogen-bond acceptors (Lipinski definition) is 5. The quantitative estimate of drug-likeness (QED) is 0.562. The molecule has 158 valence electrons. The molecule has 0 unspecified atom stereocenters. The van der Waals surface area contributed by atoms with E-state index in [0.29, 0.717) is 23.8 Å². The molecule has 0 spiro atoms. The zero-order chi connectivity index (χ0) is 21.5. The van der Waals surface area contributed by atoms with Crippen LogP contribution in [0, 0.1) is 0 Å². The highest BCUT2D eigenvalue weighted by atomic mass is 16.5. The molecular formula is C23H27N3O4. The van der Waals surface area contributed by atoms with Gasteiger partial charge in [-0.25, -0.2) is 5.43 Å². The van der Waals surface area contributed by atoms with E-state index in [1.807, 2.05) is 30.3 Å². The van der Waals surface area contributed by atoms with Crippen molar-refractivity contribution in [3.8, 4) is 11.5 Å². The molecule has 0 aliphatic carbocycles. The molecule has 0 bridgehead atoms. The minimum atomic E-state index is -0.305. The molecule has 0 saturated heterocycles. The number of hydrogen-bond donors (Lipinski definition) is 1. The van der Waals surface area contributed by atoms with Crippen molar-refractivity contribution < 1.29 is 19.1 Å². The summed E-state index contributed by atoms with van der Waals surface area (Å²) in [6.45, 7) is 2.46. The Morgan fingerprint density at radius 2 is 1.90 bits per heavy atom. The van der Waals surface area contributed by atoms with Gasteiger partial charge in [-0.15, -0.1) is 0 Å². The predicted octanol–water partition coefficient (Wildman–Crippen LogP) is 3.30. The lowest BCUT2D eigenvalue weighted by Crippen LogP contribution is -2.36. The number of methoxy groups -OCH3 is 2. The van der Waals surface area contributed by atoms with E-state index in [1.54, 1.807) is 38.2 Å². The summed E-state index contributed by atoms with van der Waals surface area (Å²) in [5, 5.41) is 4.16. The first-order valence-electron chi connectivity index (χ1n) is 9.97. The van der Waals surface area contributed by atoms with Gasteiger partial charge in [0.2, 0.25) is 11.8 Å². The Kier molecular flexibility index (Phi) is 7.06. The summed E-state index contributed by atoms with van der Waals surface area (Å²) in [5.41, 5.74) is 6.01. The lowest BCUT2D eigenvalue weighted by atomic mass is 10.0. The van der Waals surface area contributed by atoms with Crippen molar-refractivity contribution >= 4 is 23.2 Å². The standard InChI is InChI=1S/C23H27N3O4/c1-16(19-11-10-18(29-2)15-21(19)30-3)24-25-22(27)12-13-23(28)26-14-6-8-17-7-4-5-9-20(17)26/h4-5,7,9-11,15H,6,8,12-14H2,1-3H3,(H,25,27)/b24-16+. The third-order valence-electron chi connectivity index (χ3n) is 5.12. The van der Waals surface area contributed by atoms with Crippen molar-refractivity contribution in [2.45, 2.75) is 32.6 Å². The number of para-hydroxylation sites is 1. The van der Waals surface area contributed by atoms with Gasteiger partial charge in [0.05, 0.1) is 19.9 Å². The van der Waals surface area contributed by atoms with E-state index in [9.17, 15) is 9.59 Å². The second-order valence-electron chi connectivity index (χ2n) is 7.08. The number of ether oxygens (including phenoxy) is 2. The number of benzene rings is 2. The third-order valence-corrected chi connectivity index (χ3v) is 5.12. The summed E-state index contributed by atoms with van der Waals surface area (Å²) in [6, 6.07) is 13.3. The highest BCUT2D eigenvalue weighted by Gasteiger charge is 2.22. The molecule has 1 aliphatic rings. The Balaban J connectivity index is 1.57. The number of hydrazone groups is 1. The first kappa shape index (κ1) is 21.4. The third kappa shape index (κ3) is 4.97. The number of carbonyl (C=O) groups excluding carboxylic acids is 2. The fourth-order valence-electron chi connectivity index (χ4n) is 3.51. The van der Waals surface area contributed by atoms with Crippen LogP contribution in [0.3, 0.4) is 0 Å². The Morgan fingerprint density at radius 3 is 2.67 bits per heavy atom. The lowest BCUT2D eigenvalue weighted by molar-refractivity contribution is -0.125. The van der Waals surface area contributed by atoms with Gasteiger partial charge in [0.15, 0.2) is 0 Å². The van der Waals surface area contributed by atoms with Crippen LogP contribution < -0.4 is 19.8 Å². The maximum Gasteiger partial charge on any atom is 0.240 e. The summed E-state index contributed by atoms with van der Waals surface area (Å²) >= 11 is 0. The van der Waals surface area contributed by atoms with Gasteiger partial charge in [-0.3, -0.25) is 9.59 Å². The molecule has 0 fully saturated rings. The van der Waals surface area contributed by atoms with Gasteiger partial charge < -0.3 is 14.4 Å². The zero-order valence-electron chi connectivity index (χ0n) is 17.6. The van der Waals surface area contributed by atoms with E-state index in [2.05, 4.69) is 10.5 Å². The second kappa shape index (κ2) is 9.91.